The van der Waals surface area contributed by atoms with Gasteiger partial charge in [0.15, 0.2) is 0 Å². The summed E-state index contributed by atoms with van der Waals surface area (Å²) >= 11 is 0. The van der Waals surface area contributed by atoms with E-state index in [9.17, 15) is 9.50 Å². The molecule has 1 aromatic carbocycles. The van der Waals surface area contributed by atoms with Crippen LogP contribution in [-0.4, -0.2) is 30.4 Å². The minimum Gasteiger partial charge on any atom is -0.490 e. The van der Waals surface area contributed by atoms with Crippen molar-refractivity contribution in [2.75, 3.05) is 19.7 Å². The summed E-state index contributed by atoms with van der Waals surface area (Å²) in [6, 6.07) is 4.68. The highest BCUT2D eigenvalue weighted by Gasteiger charge is 2.20. The second kappa shape index (κ2) is 5.98. The highest BCUT2D eigenvalue weighted by atomic mass is 19.1. The van der Waals surface area contributed by atoms with Gasteiger partial charge in [0.05, 0.1) is 0 Å². The molecule has 1 rings (SSSR count). The average molecular weight is 241 g/mol. The van der Waals surface area contributed by atoms with Crippen molar-refractivity contribution in [3.63, 3.8) is 0 Å². The SMILES string of the molecule is CCNCC(C)(O)COc1ccc(C)c(F)c1. The molecule has 0 radical (unpaired) electrons. The van der Waals surface area contributed by atoms with Crippen molar-refractivity contribution in [1.82, 2.24) is 5.32 Å². The third-order valence-corrected chi connectivity index (χ3v) is 2.45. The Labute approximate surface area is 102 Å². The second-order valence-electron chi connectivity index (χ2n) is 4.48. The lowest BCUT2D eigenvalue weighted by Crippen LogP contribution is -2.42. The van der Waals surface area contributed by atoms with Gasteiger partial charge >= 0.3 is 0 Å². The average Bonchev–Trinajstić information content (AvgIpc) is 2.28. The largest absolute Gasteiger partial charge is 0.490 e. The van der Waals surface area contributed by atoms with Crippen LogP contribution in [0.1, 0.15) is 19.4 Å². The van der Waals surface area contributed by atoms with E-state index in [-0.39, 0.29) is 12.4 Å². The number of likely N-dealkylation sites (N-methyl/N-ethyl adjacent to an activating group) is 1. The molecule has 0 aliphatic rings. The predicted octanol–water partition coefficient (Wildman–Crippen LogP) is 1.87. The van der Waals surface area contributed by atoms with Crippen molar-refractivity contribution in [3.8, 4) is 5.75 Å². The Morgan fingerprint density at radius 2 is 2.18 bits per heavy atom. The molecule has 4 heteroatoms. The minimum atomic E-state index is -0.961. The molecule has 0 amide bonds. The van der Waals surface area contributed by atoms with Gasteiger partial charge in [0.25, 0.3) is 0 Å². The van der Waals surface area contributed by atoms with E-state index in [0.717, 1.165) is 6.54 Å². The summed E-state index contributed by atoms with van der Waals surface area (Å²) in [5.74, 6) is 0.138. The van der Waals surface area contributed by atoms with Crippen LogP contribution in [0.25, 0.3) is 0 Å². The fraction of sp³-hybridized carbons (Fsp3) is 0.538. The summed E-state index contributed by atoms with van der Waals surface area (Å²) in [5, 5.41) is 13.0. The van der Waals surface area contributed by atoms with Crippen LogP contribution in [0.5, 0.6) is 5.75 Å². The second-order valence-corrected chi connectivity index (χ2v) is 4.48. The normalized spacial score (nSPS) is 14.4. The van der Waals surface area contributed by atoms with Crippen LogP contribution >= 0.6 is 0 Å². The van der Waals surface area contributed by atoms with E-state index in [0.29, 0.717) is 17.9 Å². The summed E-state index contributed by atoms with van der Waals surface area (Å²) in [5.41, 5.74) is -0.381. The van der Waals surface area contributed by atoms with Gasteiger partial charge < -0.3 is 15.2 Å². The molecule has 0 heterocycles. The Bertz CT molecular complexity index is 366. The maximum absolute atomic E-state index is 13.2. The van der Waals surface area contributed by atoms with Gasteiger partial charge in [-0.25, -0.2) is 4.39 Å². The van der Waals surface area contributed by atoms with E-state index in [1.807, 2.05) is 6.92 Å². The van der Waals surface area contributed by atoms with Gasteiger partial charge in [0.2, 0.25) is 0 Å². The van der Waals surface area contributed by atoms with Crippen LogP contribution in [0.15, 0.2) is 18.2 Å². The van der Waals surface area contributed by atoms with Crippen molar-refractivity contribution < 1.29 is 14.2 Å². The fourth-order valence-electron chi connectivity index (χ4n) is 1.35. The number of hydrogen-bond acceptors (Lipinski definition) is 3. The maximum Gasteiger partial charge on any atom is 0.129 e. The molecular formula is C13H20FNO2. The molecule has 0 bridgehead atoms. The zero-order valence-corrected chi connectivity index (χ0v) is 10.6. The Balaban J connectivity index is 2.51. The van der Waals surface area contributed by atoms with Crippen LogP contribution < -0.4 is 10.1 Å². The monoisotopic (exact) mass is 241 g/mol. The quantitative estimate of drug-likeness (QED) is 0.799. The van der Waals surface area contributed by atoms with E-state index >= 15 is 0 Å². The summed E-state index contributed by atoms with van der Waals surface area (Å²) in [6.45, 7) is 6.70. The molecule has 0 aromatic heterocycles. The van der Waals surface area contributed by atoms with E-state index in [2.05, 4.69) is 5.32 Å². The molecule has 0 aliphatic carbocycles. The van der Waals surface area contributed by atoms with Gasteiger partial charge in [-0.1, -0.05) is 13.0 Å². The van der Waals surface area contributed by atoms with Crippen LogP contribution in [0.2, 0.25) is 0 Å². The van der Waals surface area contributed by atoms with Gasteiger partial charge in [-0.05, 0) is 32.0 Å². The van der Waals surface area contributed by atoms with E-state index in [4.69, 9.17) is 4.74 Å². The molecule has 1 atom stereocenters. The lowest BCUT2D eigenvalue weighted by molar-refractivity contribution is 0.0126. The molecule has 2 N–H and O–H groups in total. The molecule has 0 fully saturated rings. The van der Waals surface area contributed by atoms with Gasteiger partial charge in [-0.2, -0.15) is 0 Å². The van der Waals surface area contributed by atoms with E-state index in [1.165, 1.54) is 6.07 Å². The lowest BCUT2D eigenvalue weighted by Gasteiger charge is -2.23. The van der Waals surface area contributed by atoms with Crippen molar-refractivity contribution in [2.45, 2.75) is 26.4 Å². The van der Waals surface area contributed by atoms with Crippen LogP contribution in [0.4, 0.5) is 4.39 Å². The number of halogens is 1. The standard InChI is InChI=1S/C13H20FNO2/c1-4-15-8-13(3,16)9-17-11-6-5-10(2)12(14)7-11/h5-7,15-16H,4,8-9H2,1-3H3. The molecule has 0 aliphatic heterocycles. The summed E-state index contributed by atoms with van der Waals surface area (Å²) in [4.78, 5) is 0. The van der Waals surface area contributed by atoms with Gasteiger partial charge in [-0.3, -0.25) is 0 Å². The van der Waals surface area contributed by atoms with Crippen molar-refractivity contribution in [1.29, 1.82) is 0 Å². The number of benzene rings is 1. The smallest absolute Gasteiger partial charge is 0.129 e. The highest BCUT2D eigenvalue weighted by Crippen LogP contribution is 2.17. The molecule has 0 saturated carbocycles. The van der Waals surface area contributed by atoms with Crippen LogP contribution in [0, 0.1) is 12.7 Å². The first kappa shape index (κ1) is 13.9. The highest BCUT2D eigenvalue weighted by molar-refractivity contribution is 5.28. The topological polar surface area (TPSA) is 41.5 Å². The van der Waals surface area contributed by atoms with Gasteiger partial charge in [0, 0.05) is 12.6 Å². The zero-order chi connectivity index (χ0) is 12.9. The first-order chi connectivity index (χ1) is 7.94. The molecule has 96 valence electrons. The number of rotatable bonds is 6. The summed E-state index contributed by atoms with van der Waals surface area (Å²) in [7, 11) is 0. The number of aliphatic hydroxyl groups is 1. The number of hydrogen-bond donors (Lipinski definition) is 2. The molecule has 3 nitrogen and oxygen atoms in total. The Morgan fingerprint density at radius 1 is 1.47 bits per heavy atom. The zero-order valence-electron chi connectivity index (χ0n) is 10.6. The maximum atomic E-state index is 13.2. The molecular weight excluding hydrogens is 221 g/mol. The van der Waals surface area contributed by atoms with Crippen molar-refractivity contribution >= 4 is 0 Å². The molecule has 1 unspecified atom stereocenters. The third kappa shape index (κ3) is 4.71. The van der Waals surface area contributed by atoms with Crippen LogP contribution in [0.3, 0.4) is 0 Å². The van der Waals surface area contributed by atoms with Crippen molar-refractivity contribution in [2.24, 2.45) is 0 Å². The van der Waals surface area contributed by atoms with Crippen LogP contribution in [-0.2, 0) is 0 Å². The Hall–Kier alpha value is -1.13. The van der Waals surface area contributed by atoms with E-state index in [1.54, 1.807) is 26.0 Å². The first-order valence-electron chi connectivity index (χ1n) is 5.76. The molecule has 0 spiro atoms. The number of nitrogens with one attached hydrogen (secondary N) is 1. The van der Waals surface area contributed by atoms with E-state index < -0.39 is 5.60 Å². The summed E-state index contributed by atoms with van der Waals surface area (Å²) in [6.07, 6.45) is 0. The van der Waals surface area contributed by atoms with Gasteiger partial charge in [-0.15, -0.1) is 0 Å². The summed E-state index contributed by atoms with van der Waals surface area (Å²) < 4.78 is 18.6. The number of ether oxygens (including phenoxy) is 1. The predicted molar refractivity (Wildman–Crippen MR) is 65.8 cm³/mol. The number of aryl methyl sites for hydroxylation is 1. The minimum absolute atomic E-state index is 0.127. The molecule has 1 aromatic rings. The lowest BCUT2D eigenvalue weighted by atomic mass is 10.1. The first-order valence-corrected chi connectivity index (χ1v) is 5.76. The third-order valence-electron chi connectivity index (χ3n) is 2.45. The molecule has 17 heavy (non-hydrogen) atoms. The fourth-order valence-corrected chi connectivity index (χ4v) is 1.35. The van der Waals surface area contributed by atoms with Gasteiger partial charge in [0.1, 0.15) is 23.8 Å². The molecule has 0 saturated heterocycles. The Kier molecular flexibility index (Phi) is 4.90. The van der Waals surface area contributed by atoms with Crippen molar-refractivity contribution in [3.05, 3.63) is 29.6 Å². The Morgan fingerprint density at radius 3 is 2.76 bits per heavy atom.